The van der Waals surface area contributed by atoms with Crippen LogP contribution < -0.4 is 15.9 Å². The van der Waals surface area contributed by atoms with Crippen LogP contribution in [-0.4, -0.2) is 27.5 Å². The zero-order valence-corrected chi connectivity index (χ0v) is 18.2. The van der Waals surface area contributed by atoms with E-state index in [2.05, 4.69) is 45.4 Å². The standard InChI is InChI=1S/C23H27N5OS/c1-15(26-27-23(24)30)17-10-13-21-20(14-17)25-22(16-8-11-19(29-2)12-9-16)28(21)18-6-4-3-5-7-18/h8-14,18H,3-7H2,1-2H3,(H3,24,27,30)/b26-15+. The van der Waals surface area contributed by atoms with Crippen LogP contribution in [0.2, 0.25) is 0 Å². The van der Waals surface area contributed by atoms with Crippen molar-refractivity contribution in [1.29, 1.82) is 0 Å². The molecule has 1 aromatic heterocycles. The fraction of sp³-hybridized carbons (Fsp3) is 0.348. The van der Waals surface area contributed by atoms with Crippen LogP contribution in [0.3, 0.4) is 0 Å². The summed E-state index contributed by atoms with van der Waals surface area (Å²) in [6.07, 6.45) is 6.22. The Morgan fingerprint density at radius 1 is 1.17 bits per heavy atom. The number of aromatic nitrogens is 2. The highest BCUT2D eigenvalue weighted by atomic mass is 32.1. The van der Waals surface area contributed by atoms with E-state index in [0.717, 1.165) is 39.4 Å². The number of nitrogens with zero attached hydrogens (tertiary/aromatic N) is 3. The summed E-state index contributed by atoms with van der Waals surface area (Å²) in [6, 6.07) is 14.9. The van der Waals surface area contributed by atoms with Gasteiger partial charge in [-0.3, -0.25) is 5.43 Å². The topological polar surface area (TPSA) is 77.5 Å². The van der Waals surface area contributed by atoms with Crippen LogP contribution in [0.15, 0.2) is 47.6 Å². The highest BCUT2D eigenvalue weighted by molar-refractivity contribution is 7.80. The summed E-state index contributed by atoms with van der Waals surface area (Å²) in [5, 5.41) is 4.40. The van der Waals surface area contributed by atoms with Crippen LogP contribution in [0, 0.1) is 0 Å². The van der Waals surface area contributed by atoms with Gasteiger partial charge in [0.15, 0.2) is 5.11 Å². The van der Waals surface area contributed by atoms with E-state index in [9.17, 15) is 0 Å². The van der Waals surface area contributed by atoms with Gasteiger partial charge in [-0.1, -0.05) is 25.3 Å². The molecule has 0 amide bonds. The zero-order valence-electron chi connectivity index (χ0n) is 17.4. The minimum absolute atomic E-state index is 0.152. The molecule has 1 aliphatic rings. The normalized spacial score (nSPS) is 15.3. The number of benzene rings is 2. The Kier molecular flexibility index (Phi) is 5.99. The summed E-state index contributed by atoms with van der Waals surface area (Å²) in [7, 11) is 1.68. The number of methoxy groups -OCH3 is 1. The lowest BCUT2D eigenvalue weighted by atomic mass is 9.94. The molecule has 1 aliphatic carbocycles. The maximum atomic E-state index is 5.49. The van der Waals surface area contributed by atoms with Crippen molar-refractivity contribution in [1.82, 2.24) is 15.0 Å². The monoisotopic (exact) mass is 421 g/mol. The smallest absolute Gasteiger partial charge is 0.184 e. The molecule has 30 heavy (non-hydrogen) atoms. The molecular weight excluding hydrogens is 394 g/mol. The van der Waals surface area contributed by atoms with E-state index in [1.165, 1.54) is 32.1 Å². The summed E-state index contributed by atoms with van der Waals surface area (Å²) in [6.45, 7) is 1.93. The Morgan fingerprint density at radius 2 is 1.90 bits per heavy atom. The number of fused-ring (bicyclic) bond motifs is 1. The molecule has 0 aliphatic heterocycles. The molecule has 6 nitrogen and oxygen atoms in total. The molecule has 1 heterocycles. The molecule has 0 radical (unpaired) electrons. The minimum atomic E-state index is 0.152. The summed E-state index contributed by atoms with van der Waals surface area (Å²) >= 11 is 4.84. The minimum Gasteiger partial charge on any atom is -0.497 e. The van der Waals surface area contributed by atoms with E-state index >= 15 is 0 Å². The molecule has 4 rings (SSSR count). The van der Waals surface area contributed by atoms with Crippen molar-refractivity contribution in [2.45, 2.75) is 45.1 Å². The number of thiocarbonyl (C=S) groups is 1. The molecule has 3 N–H and O–H groups in total. The zero-order chi connectivity index (χ0) is 21.1. The van der Waals surface area contributed by atoms with Gasteiger partial charge in [-0.2, -0.15) is 5.10 Å². The maximum absolute atomic E-state index is 5.49. The van der Waals surface area contributed by atoms with Crippen molar-refractivity contribution < 1.29 is 4.74 Å². The van der Waals surface area contributed by atoms with Gasteiger partial charge in [-0.05, 0) is 73.9 Å². The van der Waals surface area contributed by atoms with E-state index in [4.69, 9.17) is 27.7 Å². The number of rotatable bonds is 5. The lowest BCUT2D eigenvalue weighted by Gasteiger charge is -2.25. The first-order valence-electron chi connectivity index (χ1n) is 10.3. The molecule has 1 fully saturated rings. The van der Waals surface area contributed by atoms with Crippen LogP contribution in [0.5, 0.6) is 5.75 Å². The van der Waals surface area contributed by atoms with Gasteiger partial charge in [0.25, 0.3) is 0 Å². The lowest BCUT2D eigenvalue weighted by Crippen LogP contribution is -2.25. The number of hydrogen-bond acceptors (Lipinski definition) is 4. The van der Waals surface area contributed by atoms with Gasteiger partial charge in [0.1, 0.15) is 11.6 Å². The predicted octanol–water partition coefficient (Wildman–Crippen LogP) is 4.77. The Balaban J connectivity index is 1.81. The van der Waals surface area contributed by atoms with Crippen molar-refractivity contribution in [2.75, 3.05) is 7.11 Å². The molecule has 0 bridgehead atoms. The van der Waals surface area contributed by atoms with Crippen LogP contribution >= 0.6 is 12.2 Å². The third-order valence-corrected chi connectivity index (χ3v) is 5.82. The van der Waals surface area contributed by atoms with Crippen molar-refractivity contribution in [3.63, 3.8) is 0 Å². The van der Waals surface area contributed by atoms with Gasteiger partial charge in [-0.25, -0.2) is 4.98 Å². The molecule has 7 heteroatoms. The number of imidazole rings is 1. The van der Waals surface area contributed by atoms with Crippen LogP contribution in [0.4, 0.5) is 0 Å². The molecule has 1 saturated carbocycles. The van der Waals surface area contributed by atoms with Crippen molar-refractivity contribution in [3.05, 3.63) is 48.0 Å². The third-order valence-electron chi connectivity index (χ3n) is 5.73. The van der Waals surface area contributed by atoms with Crippen LogP contribution in [0.1, 0.15) is 50.6 Å². The van der Waals surface area contributed by atoms with Gasteiger partial charge >= 0.3 is 0 Å². The second-order valence-electron chi connectivity index (χ2n) is 7.70. The van der Waals surface area contributed by atoms with Gasteiger partial charge in [-0.15, -0.1) is 0 Å². The molecule has 0 unspecified atom stereocenters. The lowest BCUT2D eigenvalue weighted by molar-refractivity contribution is 0.362. The largest absolute Gasteiger partial charge is 0.497 e. The number of hydrogen-bond donors (Lipinski definition) is 2. The Bertz CT molecular complexity index is 1080. The highest BCUT2D eigenvalue weighted by Gasteiger charge is 2.22. The Labute approximate surface area is 182 Å². The van der Waals surface area contributed by atoms with Gasteiger partial charge < -0.3 is 15.0 Å². The fourth-order valence-corrected chi connectivity index (χ4v) is 4.23. The van der Waals surface area contributed by atoms with Crippen molar-refractivity contribution in [3.8, 4) is 17.1 Å². The highest BCUT2D eigenvalue weighted by Crippen LogP contribution is 2.36. The Morgan fingerprint density at radius 3 is 2.57 bits per heavy atom. The second-order valence-corrected chi connectivity index (χ2v) is 8.14. The Hall–Kier alpha value is -2.93. The van der Waals surface area contributed by atoms with Gasteiger partial charge in [0, 0.05) is 11.6 Å². The van der Waals surface area contributed by atoms with E-state index < -0.39 is 0 Å². The fourth-order valence-electron chi connectivity index (χ4n) is 4.18. The predicted molar refractivity (Wildman–Crippen MR) is 126 cm³/mol. The number of nitrogens with one attached hydrogen (secondary N) is 1. The molecule has 0 atom stereocenters. The molecule has 0 saturated heterocycles. The van der Waals surface area contributed by atoms with E-state index in [1.807, 2.05) is 19.1 Å². The quantitative estimate of drug-likeness (QED) is 0.352. The third kappa shape index (κ3) is 4.16. The molecular formula is C23H27N5OS. The first-order valence-corrected chi connectivity index (χ1v) is 10.7. The number of ether oxygens (including phenoxy) is 1. The van der Waals surface area contributed by atoms with E-state index in [1.54, 1.807) is 7.11 Å². The molecule has 156 valence electrons. The summed E-state index contributed by atoms with van der Waals surface area (Å²) in [5.41, 5.74) is 13.2. The average Bonchev–Trinajstić information content (AvgIpc) is 3.16. The molecule has 0 spiro atoms. The molecule has 3 aromatic rings. The summed E-state index contributed by atoms with van der Waals surface area (Å²) in [5.74, 6) is 1.85. The van der Waals surface area contributed by atoms with Crippen LogP contribution in [0.25, 0.3) is 22.4 Å². The van der Waals surface area contributed by atoms with Crippen molar-refractivity contribution >= 4 is 34.1 Å². The van der Waals surface area contributed by atoms with Crippen molar-refractivity contribution in [2.24, 2.45) is 10.8 Å². The van der Waals surface area contributed by atoms with E-state index in [0.29, 0.717) is 6.04 Å². The summed E-state index contributed by atoms with van der Waals surface area (Å²) < 4.78 is 7.76. The first kappa shape index (κ1) is 20.3. The second kappa shape index (κ2) is 8.83. The van der Waals surface area contributed by atoms with Gasteiger partial charge in [0.2, 0.25) is 0 Å². The first-order chi connectivity index (χ1) is 14.6. The maximum Gasteiger partial charge on any atom is 0.184 e. The van der Waals surface area contributed by atoms with E-state index in [-0.39, 0.29) is 5.11 Å². The number of hydrazone groups is 1. The SMILES string of the molecule is COc1ccc(-c2nc3cc(/C(C)=N/NC(N)=S)ccc3n2C2CCCCC2)cc1. The van der Waals surface area contributed by atoms with Crippen LogP contribution in [-0.2, 0) is 0 Å². The average molecular weight is 422 g/mol. The van der Waals surface area contributed by atoms with Gasteiger partial charge in [0.05, 0.1) is 23.9 Å². The summed E-state index contributed by atoms with van der Waals surface area (Å²) in [4.78, 5) is 5.05. The number of nitrogens with two attached hydrogens (primary N) is 1. The molecule has 2 aromatic carbocycles.